The van der Waals surface area contributed by atoms with Crippen molar-refractivity contribution < 1.29 is 0 Å². The molecule has 160 valence electrons. The molecule has 1 heteroatoms. The van der Waals surface area contributed by atoms with Crippen LogP contribution in [0.3, 0.4) is 0 Å². The second-order valence-electron chi connectivity index (χ2n) is 9.14. The Morgan fingerprint density at radius 1 is 0.606 bits per heavy atom. The minimum Gasteiger partial charge on any atom is -0.0836 e. The quantitative estimate of drug-likeness (QED) is 0.194. The smallest absolute Gasteiger partial charge is 0.00262 e. The molecule has 0 unspecified atom stereocenters. The zero-order chi connectivity index (χ0) is 22.4. The molecule has 5 aromatic carbocycles. The second-order valence-corrected chi connectivity index (χ2v) is 11.4. The molecule has 0 aromatic heterocycles. The lowest BCUT2D eigenvalue weighted by Gasteiger charge is -2.19. The van der Waals surface area contributed by atoms with Gasteiger partial charge in [0.05, 0.1) is 0 Å². The molecule has 0 saturated carbocycles. The van der Waals surface area contributed by atoms with Crippen LogP contribution in [0, 0.1) is 0 Å². The molecule has 33 heavy (non-hydrogen) atoms. The molecule has 6 rings (SSSR count). The average Bonchev–Trinajstić information content (AvgIpc) is 2.87. The fourth-order valence-electron chi connectivity index (χ4n) is 5.26. The maximum atomic E-state index is 2.39. The topological polar surface area (TPSA) is 0 Å². The zero-order valence-corrected chi connectivity index (χ0v) is 20.1. The minimum absolute atomic E-state index is 0.0915. The van der Waals surface area contributed by atoms with E-state index in [0.717, 1.165) is 12.8 Å². The van der Waals surface area contributed by atoms with Gasteiger partial charge in [-0.3, -0.25) is 0 Å². The van der Waals surface area contributed by atoms with E-state index in [1.807, 2.05) is 0 Å². The Morgan fingerprint density at radius 3 is 1.73 bits per heavy atom. The van der Waals surface area contributed by atoms with Gasteiger partial charge in [-0.25, -0.2) is 0 Å². The predicted octanol–water partition coefficient (Wildman–Crippen LogP) is 8.65. The van der Waals surface area contributed by atoms with Gasteiger partial charge in [-0.15, -0.1) is 0 Å². The number of hydrogen-bond acceptors (Lipinski definition) is 0. The lowest BCUT2D eigenvalue weighted by atomic mass is 9.85. The predicted molar refractivity (Wildman–Crippen MR) is 148 cm³/mol. The number of fused-ring (bicyclic) bond motifs is 3. The lowest BCUT2D eigenvalue weighted by molar-refractivity contribution is 0.986. The van der Waals surface area contributed by atoms with Crippen LogP contribution in [0.15, 0.2) is 97.1 Å². The Kier molecular flexibility index (Phi) is 5.12. The molecule has 0 aliphatic heterocycles. The van der Waals surface area contributed by atoms with E-state index in [4.69, 9.17) is 0 Å². The van der Waals surface area contributed by atoms with Crippen molar-refractivity contribution in [1.29, 1.82) is 0 Å². The number of benzene rings is 5. The first kappa shape index (κ1) is 20.4. The highest BCUT2D eigenvalue weighted by molar-refractivity contribution is 7.64. The molecule has 0 atom stereocenters. The van der Waals surface area contributed by atoms with E-state index >= 15 is 0 Å². The van der Waals surface area contributed by atoms with Crippen LogP contribution in [-0.2, 0) is 6.42 Å². The Labute approximate surface area is 197 Å². The van der Waals surface area contributed by atoms with Crippen molar-refractivity contribution in [3.05, 3.63) is 108 Å². The summed E-state index contributed by atoms with van der Waals surface area (Å²) in [6, 6.07) is 34.2. The number of rotatable bonds is 3. The monoisotopic (exact) mass is 442 g/mol. The normalized spacial score (nSPS) is 13.1. The van der Waals surface area contributed by atoms with E-state index < -0.39 is 0 Å². The van der Waals surface area contributed by atoms with E-state index in [2.05, 4.69) is 116 Å². The Morgan fingerprint density at radius 2 is 1.15 bits per heavy atom. The molecular weight excluding hydrogens is 415 g/mol. The number of aryl methyl sites for hydroxylation is 1. The molecular formula is C32H27P. The van der Waals surface area contributed by atoms with E-state index in [1.54, 1.807) is 0 Å². The van der Waals surface area contributed by atoms with Gasteiger partial charge in [0.15, 0.2) is 0 Å². The van der Waals surface area contributed by atoms with Crippen LogP contribution in [0.25, 0.3) is 49.9 Å². The summed E-state index contributed by atoms with van der Waals surface area (Å²) in [4.78, 5) is 0. The van der Waals surface area contributed by atoms with Gasteiger partial charge in [-0.1, -0.05) is 105 Å². The van der Waals surface area contributed by atoms with Crippen molar-refractivity contribution in [3.8, 4) is 22.3 Å². The van der Waals surface area contributed by atoms with Crippen molar-refractivity contribution in [3.63, 3.8) is 0 Å². The first-order valence-electron chi connectivity index (χ1n) is 11.7. The fraction of sp³-hybridized carbons (Fsp3) is 0.125. The van der Waals surface area contributed by atoms with Crippen molar-refractivity contribution in [2.24, 2.45) is 0 Å². The van der Waals surface area contributed by atoms with Crippen LogP contribution in [-0.4, -0.2) is 13.3 Å². The molecule has 0 amide bonds. The summed E-state index contributed by atoms with van der Waals surface area (Å²) in [5.41, 5.74) is 8.10. The van der Waals surface area contributed by atoms with E-state index in [-0.39, 0.29) is 7.92 Å². The van der Waals surface area contributed by atoms with Gasteiger partial charge in [0.1, 0.15) is 0 Å². The highest BCUT2D eigenvalue weighted by Crippen LogP contribution is 2.44. The molecule has 0 saturated heterocycles. The van der Waals surface area contributed by atoms with E-state index in [1.165, 1.54) is 60.2 Å². The summed E-state index contributed by atoms with van der Waals surface area (Å²) in [5, 5.41) is 6.73. The average molecular weight is 443 g/mol. The summed E-state index contributed by atoms with van der Waals surface area (Å²) < 4.78 is 0. The third-order valence-electron chi connectivity index (χ3n) is 6.92. The van der Waals surface area contributed by atoms with Crippen molar-refractivity contribution >= 4 is 40.8 Å². The first-order chi connectivity index (χ1) is 16.2. The van der Waals surface area contributed by atoms with Crippen molar-refractivity contribution in [2.75, 3.05) is 13.3 Å². The molecule has 0 fully saturated rings. The highest BCUT2D eigenvalue weighted by atomic mass is 31.1. The first-order valence-corrected chi connectivity index (χ1v) is 14.0. The minimum atomic E-state index is -0.0915. The summed E-state index contributed by atoms with van der Waals surface area (Å²) >= 11 is 0. The van der Waals surface area contributed by atoms with Crippen LogP contribution in [0.4, 0.5) is 0 Å². The molecule has 1 aliphatic rings. The zero-order valence-electron chi connectivity index (χ0n) is 19.2. The maximum Gasteiger partial charge on any atom is -0.00262 e. The number of hydrogen-bond donors (Lipinski definition) is 0. The van der Waals surface area contributed by atoms with Gasteiger partial charge in [0.25, 0.3) is 0 Å². The van der Waals surface area contributed by atoms with E-state index in [0.29, 0.717) is 0 Å². The third kappa shape index (κ3) is 3.50. The fourth-order valence-corrected chi connectivity index (χ4v) is 6.00. The molecule has 0 radical (unpaired) electrons. The van der Waals surface area contributed by atoms with Crippen LogP contribution >= 0.6 is 7.92 Å². The van der Waals surface area contributed by atoms with Crippen LogP contribution < -0.4 is 5.30 Å². The number of allylic oxidation sites excluding steroid dienone is 1. The van der Waals surface area contributed by atoms with Gasteiger partial charge in [0, 0.05) is 0 Å². The third-order valence-corrected chi connectivity index (χ3v) is 8.25. The lowest BCUT2D eigenvalue weighted by Crippen LogP contribution is -1.98. The van der Waals surface area contributed by atoms with E-state index in [9.17, 15) is 0 Å². The molecule has 5 aromatic rings. The summed E-state index contributed by atoms with van der Waals surface area (Å²) in [6.07, 6.45) is 6.87. The molecule has 0 bridgehead atoms. The summed E-state index contributed by atoms with van der Waals surface area (Å²) in [7, 11) is -0.0915. The van der Waals surface area contributed by atoms with Gasteiger partial charge < -0.3 is 0 Å². The van der Waals surface area contributed by atoms with Crippen molar-refractivity contribution in [1.82, 2.24) is 0 Å². The SMILES string of the molecule is CP(C)c1ccc(-c2c3ccccc3c(-c3ccc4c(c3)C=CCC4)c3ccccc23)cc1. The van der Waals surface area contributed by atoms with Gasteiger partial charge >= 0.3 is 0 Å². The van der Waals surface area contributed by atoms with Gasteiger partial charge in [0.2, 0.25) is 0 Å². The van der Waals surface area contributed by atoms with Crippen molar-refractivity contribution in [2.45, 2.75) is 12.8 Å². The van der Waals surface area contributed by atoms with Crippen LogP contribution in [0.1, 0.15) is 17.5 Å². The molecule has 1 aliphatic carbocycles. The molecule has 0 heterocycles. The van der Waals surface area contributed by atoms with Gasteiger partial charge in [-0.05, 0) is 92.5 Å². The standard InChI is InChI=1S/C32H27P/c1-33(2)26-19-17-23(18-20-26)31-27-11-5-7-13-29(27)32(30-14-8-6-12-28(30)31)25-16-15-22-9-3-4-10-24(22)21-25/h4-8,10-21H,3,9H2,1-2H3. The Balaban J connectivity index is 1.68. The maximum absolute atomic E-state index is 2.39. The Bertz CT molecular complexity index is 1460. The largest absolute Gasteiger partial charge is 0.0836 e. The van der Waals surface area contributed by atoms with Crippen LogP contribution in [0.2, 0.25) is 0 Å². The second kappa shape index (κ2) is 8.29. The summed E-state index contributed by atoms with van der Waals surface area (Å²) in [6.45, 7) is 4.63. The van der Waals surface area contributed by atoms with Gasteiger partial charge in [-0.2, -0.15) is 0 Å². The summed E-state index contributed by atoms with van der Waals surface area (Å²) in [5.74, 6) is 0. The molecule has 0 N–H and O–H groups in total. The molecule has 0 nitrogen and oxygen atoms in total. The highest BCUT2D eigenvalue weighted by Gasteiger charge is 2.17. The molecule has 0 spiro atoms. The Hall–Kier alpha value is -3.21. The van der Waals surface area contributed by atoms with Crippen LogP contribution in [0.5, 0.6) is 0 Å².